The van der Waals surface area contributed by atoms with Crippen LogP contribution in [-0.2, 0) is 0 Å². The van der Waals surface area contributed by atoms with Gasteiger partial charge in [0.1, 0.15) is 17.9 Å². The normalized spacial score (nSPS) is 10.9. The average molecular weight is 366 g/mol. The highest BCUT2D eigenvalue weighted by Gasteiger charge is 2.21. The van der Waals surface area contributed by atoms with Gasteiger partial charge in [-0.15, -0.1) is 0 Å². The van der Waals surface area contributed by atoms with Gasteiger partial charge in [-0.3, -0.25) is 14.0 Å². The van der Waals surface area contributed by atoms with Gasteiger partial charge in [-0.2, -0.15) is 0 Å². The molecule has 2 heterocycles. The Hall–Kier alpha value is -3.81. The average Bonchev–Trinajstić information content (AvgIpc) is 3.02. The molecule has 0 bridgehead atoms. The molecule has 4 aromatic rings. The van der Waals surface area contributed by atoms with Gasteiger partial charge in [-0.25, -0.2) is 13.8 Å². The Balaban J connectivity index is 1.91. The molecule has 2 N–H and O–H groups in total. The number of aldehydes is 1. The second-order valence-corrected chi connectivity index (χ2v) is 5.75. The van der Waals surface area contributed by atoms with Crippen LogP contribution in [-0.4, -0.2) is 20.7 Å². The highest BCUT2D eigenvalue weighted by atomic mass is 19.1. The van der Waals surface area contributed by atoms with E-state index in [0.717, 1.165) is 12.1 Å². The number of anilines is 2. The van der Waals surface area contributed by atoms with Crippen molar-refractivity contribution in [3.05, 3.63) is 82.4 Å². The van der Waals surface area contributed by atoms with Crippen molar-refractivity contribution in [2.45, 2.75) is 0 Å². The number of aromatic nitrogens is 3. The first kappa shape index (κ1) is 16.6. The molecule has 0 saturated heterocycles. The van der Waals surface area contributed by atoms with Crippen molar-refractivity contribution in [3.63, 3.8) is 0 Å². The summed E-state index contributed by atoms with van der Waals surface area (Å²) in [4.78, 5) is 29.9. The second-order valence-electron chi connectivity index (χ2n) is 5.75. The lowest BCUT2D eigenvalue weighted by Crippen LogP contribution is -2.09. The molecule has 8 heteroatoms. The van der Waals surface area contributed by atoms with Crippen LogP contribution in [0.4, 0.5) is 20.3 Å². The minimum absolute atomic E-state index is 0.0429. The quantitative estimate of drug-likeness (QED) is 0.542. The van der Waals surface area contributed by atoms with Crippen LogP contribution in [0, 0.1) is 11.6 Å². The van der Waals surface area contributed by atoms with E-state index >= 15 is 0 Å². The van der Waals surface area contributed by atoms with E-state index in [1.165, 1.54) is 22.9 Å². The molecule has 0 atom stereocenters. The number of halogens is 2. The third-order valence-corrected chi connectivity index (χ3v) is 4.06. The molecular formula is C19H12F2N4O2. The Labute approximate surface area is 151 Å². The van der Waals surface area contributed by atoms with E-state index in [4.69, 9.17) is 0 Å². The first-order valence-corrected chi connectivity index (χ1v) is 7.95. The summed E-state index contributed by atoms with van der Waals surface area (Å²) in [7, 11) is 0. The van der Waals surface area contributed by atoms with Crippen LogP contribution >= 0.6 is 0 Å². The van der Waals surface area contributed by atoms with E-state index in [-0.39, 0.29) is 22.7 Å². The van der Waals surface area contributed by atoms with Crippen molar-refractivity contribution in [1.29, 1.82) is 0 Å². The monoisotopic (exact) mass is 366 g/mol. The first-order valence-electron chi connectivity index (χ1n) is 7.95. The lowest BCUT2D eigenvalue weighted by molar-refractivity contribution is 0.112. The number of carbonyl (C=O) groups excluding carboxylic acids is 1. The van der Waals surface area contributed by atoms with Gasteiger partial charge in [0.25, 0.3) is 5.56 Å². The largest absolute Gasteiger partial charge is 0.338 e. The fourth-order valence-electron chi connectivity index (χ4n) is 2.81. The first-order chi connectivity index (χ1) is 13.1. The Morgan fingerprint density at radius 2 is 1.78 bits per heavy atom. The molecule has 0 unspecified atom stereocenters. The summed E-state index contributed by atoms with van der Waals surface area (Å²) in [5.74, 6) is -1.49. The summed E-state index contributed by atoms with van der Waals surface area (Å²) in [5, 5.41) is 2.96. The van der Waals surface area contributed by atoms with Gasteiger partial charge in [0.15, 0.2) is 17.2 Å². The summed E-state index contributed by atoms with van der Waals surface area (Å²) >= 11 is 0. The number of carbonyl (C=O) groups is 1. The number of H-pyrrole nitrogens is 1. The summed E-state index contributed by atoms with van der Waals surface area (Å²) in [6, 6.07) is 9.95. The van der Waals surface area contributed by atoms with Gasteiger partial charge in [-0.1, -0.05) is 6.07 Å². The molecule has 0 aliphatic heterocycles. The zero-order valence-corrected chi connectivity index (χ0v) is 13.7. The van der Waals surface area contributed by atoms with Gasteiger partial charge in [-0.05, 0) is 36.4 Å². The van der Waals surface area contributed by atoms with E-state index < -0.39 is 17.2 Å². The highest BCUT2D eigenvalue weighted by molar-refractivity contribution is 5.80. The lowest BCUT2D eigenvalue weighted by Gasteiger charge is -2.03. The number of benzene rings is 2. The maximum atomic E-state index is 14.3. The third kappa shape index (κ3) is 2.86. The third-order valence-electron chi connectivity index (χ3n) is 4.06. The maximum Gasteiger partial charge on any atom is 0.276 e. The molecule has 0 spiro atoms. The van der Waals surface area contributed by atoms with Crippen molar-refractivity contribution in [2.75, 3.05) is 5.32 Å². The summed E-state index contributed by atoms with van der Waals surface area (Å²) < 4.78 is 29.8. The maximum absolute atomic E-state index is 14.3. The number of fused-ring (bicyclic) bond motifs is 1. The van der Waals surface area contributed by atoms with Crippen molar-refractivity contribution in [3.8, 4) is 11.4 Å². The Bertz CT molecular complexity index is 1190. The number of nitrogens with zero attached hydrogens (tertiary/aromatic N) is 2. The number of rotatable bonds is 4. The van der Waals surface area contributed by atoms with Crippen LogP contribution in [0.2, 0.25) is 0 Å². The SMILES string of the molecule is O=Cc1ccc(Nc2nc(-c3c(F)cccc3F)n3cc[nH]c(=O)c23)cc1. The van der Waals surface area contributed by atoms with Crippen LogP contribution < -0.4 is 10.9 Å². The minimum Gasteiger partial charge on any atom is -0.338 e. The zero-order chi connectivity index (χ0) is 19.0. The van der Waals surface area contributed by atoms with Gasteiger partial charge in [0.05, 0.1) is 5.56 Å². The van der Waals surface area contributed by atoms with Crippen LogP contribution in [0.25, 0.3) is 16.9 Å². The molecule has 0 fully saturated rings. The lowest BCUT2D eigenvalue weighted by atomic mass is 10.2. The molecule has 4 rings (SSSR count). The fraction of sp³-hybridized carbons (Fsp3) is 0. The Morgan fingerprint density at radius 3 is 2.44 bits per heavy atom. The van der Waals surface area contributed by atoms with Crippen molar-refractivity contribution in [1.82, 2.24) is 14.4 Å². The Morgan fingerprint density at radius 1 is 1.07 bits per heavy atom. The molecule has 27 heavy (non-hydrogen) atoms. The predicted molar refractivity (Wildman–Crippen MR) is 96.3 cm³/mol. The van der Waals surface area contributed by atoms with E-state index in [9.17, 15) is 18.4 Å². The number of hydrogen-bond donors (Lipinski definition) is 2. The molecule has 6 nitrogen and oxygen atoms in total. The summed E-state index contributed by atoms with van der Waals surface area (Å²) in [6.45, 7) is 0. The minimum atomic E-state index is -0.788. The summed E-state index contributed by atoms with van der Waals surface area (Å²) in [5.41, 5.74) is 0.351. The van der Waals surface area contributed by atoms with E-state index in [0.29, 0.717) is 17.5 Å². The number of imidazole rings is 1. The molecule has 0 saturated carbocycles. The van der Waals surface area contributed by atoms with Crippen LogP contribution in [0.1, 0.15) is 10.4 Å². The molecule has 0 aliphatic carbocycles. The standard InChI is InChI=1S/C19H12F2N4O2/c20-13-2-1-3-14(21)15(13)18-24-17(16-19(27)22-8-9-25(16)18)23-12-6-4-11(10-26)5-7-12/h1-10,23H,(H,22,27). The molecule has 2 aromatic heterocycles. The second kappa shape index (κ2) is 6.49. The van der Waals surface area contributed by atoms with Gasteiger partial charge in [0.2, 0.25) is 0 Å². The smallest absolute Gasteiger partial charge is 0.276 e. The zero-order valence-electron chi connectivity index (χ0n) is 13.7. The van der Waals surface area contributed by atoms with Crippen molar-refractivity contribution < 1.29 is 13.6 Å². The highest BCUT2D eigenvalue weighted by Crippen LogP contribution is 2.29. The number of nitrogens with one attached hydrogen (secondary N) is 2. The van der Waals surface area contributed by atoms with Gasteiger partial charge in [0, 0.05) is 23.6 Å². The number of hydrogen-bond acceptors (Lipinski definition) is 4. The number of aromatic amines is 1. The molecule has 134 valence electrons. The molecule has 0 radical (unpaired) electrons. The van der Waals surface area contributed by atoms with E-state index in [1.54, 1.807) is 24.3 Å². The fourth-order valence-corrected chi connectivity index (χ4v) is 2.81. The molecule has 0 aliphatic rings. The van der Waals surface area contributed by atoms with Crippen molar-refractivity contribution in [2.24, 2.45) is 0 Å². The topological polar surface area (TPSA) is 79.3 Å². The van der Waals surface area contributed by atoms with Crippen molar-refractivity contribution >= 4 is 23.3 Å². The summed E-state index contributed by atoms with van der Waals surface area (Å²) in [6.07, 6.45) is 3.53. The van der Waals surface area contributed by atoms with Crippen LogP contribution in [0.5, 0.6) is 0 Å². The molecule has 2 aromatic carbocycles. The molecular weight excluding hydrogens is 354 g/mol. The predicted octanol–water partition coefficient (Wildman–Crippen LogP) is 3.52. The van der Waals surface area contributed by atoms with E-state index in [1.807, 2.05) is 0 Å². The molecule has 0 amide bonds. The van der Waals surface area contributed by atoms with Gasteiger partial charge >= 0.3 is 0 Å². The van der Waals surface area contributed by atoms with E-state index in [2.05, 4.69) is 15.3 Å². The Kier molecular flexibility index (Phi) is 4.00. The van der Waals surface area contributed by atoms with Crippen LogP contribution in [0.3, 0.4) is 0 Å². The van der Waals surface area contributed by atoms with Gasteiger partial charge < -0.3 is 10.3 Å². The van der Waals surface area contributed by atoms with Crippen LogP contribution in [0.15, 0.2) is 59.7 Å².